The van der Waals surface area contributed by atoms with Gasteiger partial charge in [-0.15, -0.1) is 0 Å². The molecule has 0 bridgehead atoms. The summed E-state index contributed by atoms with van der Waals surface area (Å²) in [5, 5.41) is 9.13. The summed E-state index contributed by atoms with van der Waals surface area (Å²) in [5.74, 6) is -2.33. The Kier molecular flexibility index (Phi) is 6.28. The zero-order chi connectivity index (χ0) is 17.8. The van der Waals surface area contributed by atoms with Gasteiger partial charge in [-0.05, 0) is 37.5 Å². The van der Waals surface area contributed by atoms with Gasteiger partial charge in [0, 0.05) is 0 Å². The maximum atomic E-state index is 12.5. The number of aliphatic carboxylic acids is 1. The van der Waals surface area contributed by atoms with Gasteiger partial charge in [0.05, 0.1) is 17.1 Å². The fraction of sp³-hybridized carbons (Fsp3) is 0.467. The van der Waals surface area contributed by atoms with Crippen molar-refractivity contribution in [2.45, 2.75) is 38.6 Å². The minimum absolute atomic E-state index is 0.0919. The van der Waals surface area contributed by atoms with Crippen molar-refractivity contribution in [3.05, 3.63) is 29.3 Å². The van der Waals surface area contributed by atoms with Crippen LogP contribution in [0.3, 0.4) is 0 Å². The highest BCUT2D eigenvalue weighted by Gasteiger charge is 2.29. The number of carboxylic acids is 1. The van der Waals surface area contributed by atoms with Crippen molar-refractivity contribution in [2.75, 3.05) is 6.61 Å². The number of esters is 1. The Morgan fingerprint density at radius 2 is 1.91 bits per heavy atom. The van der Waals surface area contributed by atoms with E-state index in [2.05, 4.69) is 4.72 Å². The number of ether oxygens (including phenoxy) is 1. The van der Waals surface area contributed by atoms with Gasteiger partial charge in [-0.25, -0.2) is 13.2 Å². The van der Waals surface area contributed by atoms with E-state index < -0.39 is 33.9 Å². The molecule has 0 aliphatic rings. The number of carbonyl (C=O) groups is 2. The molecule has 0 saturated carbocycles. The fourth-order valence-corrected chi connectivity index (χ4v) is 3.54. The minimum Gasteiger partial charge on any atom is -0.480 e. The van der Waals surface area contributed by atoms with Gasteiger partial charge in [0.2, 0.25) is 10.0 Å². The number of carbonyl (C=O) groups excluding carboxylic acids is 1. The van der Waals surface area contributed by atoms with E-state index in [0.29, 0.717) is 5.56 Å². The molecule has 0 radical (unpaired) electrons. The molecule has 0 aliphatic heterocycles. The second-order valence-electron chi connectivity index (χ2n) is 5.38. The molecule has 0 heterocycles. The molecule has 0 amide bonds. The van der Waals surface area contributed by atoms with Gasteiger partial charge in [0.15, 0.2) is 0 Å². The predicted octanol–water partition coefficient (Wildman–Crippen LogP) is 1.56. The van der Waals surface area contributed by atoms with Crippen molar-refractivity contribution >= 4 is 22.0 Å². The Morgan fingerprint density at radius 1 is 1.30 bits per heavy atom. The first-order valence-electron chi connectivity index (χ1n) is 7.13. The van der Waals surface area contributed by atoms with Gasteiger partial charge in [0.1, 0.15) is 6.04 Å². The lowest BCUT2D eigenvalue weighted by molar-refractivity contribution is -0.140. The van der Waals surface area contributed by atoms with Gasteiger partial charge in [-0.3, -0.25) is 4.79 Å². The Bertz CT molecular complexity index is 696. The second-order valence-corrected chi connectivity index (χ2v) is 7.06. The van der Waals surface area contributed by atoms with Crippen molar-refractivity contribution in [3.8, 4) is 0 Å². The van der Waals surface area contributed by atoms with E-state index in [-0.39, 0.29) is 17.1 Å². The number of aryl methyl sites for hydroxylation is 1. The third kappa shape index (κ3) is 4.77. The van der Waals surface area contributed by atoms with Crippen molar-refractivity contribution < 1.29 is 27.9 Å². The molecule has 1 atom stereocenters. The summed E-state index contributed by atoms with van der Waals surface area (Å²) in [4.78, 5) is 22.8. The van der Waals surface area contributed by atoms with Crippen LogP contribution < -0.4 is 4.72 Å². The van der Waals surface area contributed by atoms with Crippen LogP contribution in [-0.4, -0.2) is 38.1 Å². The smallest absolute Gasteiger partial charge is 0.338 e. The van der Waals surface area contributed by atoms with Crippen LogP contribution >= 0.6 is 0 Å². The van der Waals surface area contributed by atoms with E-state index in [0.717, 1.165) is 0 Å². The predicted molar refractivity (Wildman–Crippen MR) is 83.7 cm³/mol. The molecule has 0 saturated heterocycles. The third-order valence-electron chi connectivity index (χ3n) is 3.20. The topological polar surface area (TPSA) is 110 Å². The SMILES string of the molecule is CCOC(=O)c1ccc(C)c(S(=O)(=O)NC(C(=O)O)C(C)C)c1. The average molecular weight is 343 g/mol. The molecule has 0 fully saturated rings. The minimum atomic E-state index is -4.09. The zero-order valence-corrected chi connectivity index (χ0v) is 14.3. The first kappa shape index (κ1) is 19.1. The Hall–Kier alpha value is -1.93. The molecular weight excluding hydrogens is 322 g/mol. The summed E-state index contributed by atoms with van der Waals surface area (Å²) in [6.45, 7) is 6.58. The van der Waals surface area contributed by atoms with E-state index in [9.17, 15) is 18.0 Å². The Balaban J connectivity index is 3.24. The average Bonchev–Trinajstić information content (AvgIpc) is 2.44. The molecule has 0 spiro atoms. The zero-order valence-electron chi connectivity index (χ0n) is 13.5. The number of nitrogens with one attached hydrogen (secondary N) is 1. The monoisotopic (exact) mass is 343 g/mol. The largest absolute Gasteiger partial charge is 0.480 e. The highest BCUT2D eigenvalue weighted by atomic mass is 32.2. The molecule has 128 valence electrons. The highest BCUT2D eigenvalue weighted by molar-refractivity contribution is 7.89. The van der Waals surface area contributed by atoms with E-state index >= 15 is 0 Å². The molecule has 0 aliphatic carbocycles. The van der Waals surface area contributed by atoms with Crippen LogP contribution in [0.2, 0.25) is 0 Å². The lowest BCUT2D eigenvalue weighted by Gasteiger charge is -2.19. The second kappa shape index (κ2) is 7.56. The molecule has 1 rings (SSSR count). The van der Waals surface area contributed by atoms with Gasteiger partial charge in [0.25, 0.3) is 0 Å². The molecule has 7 nitrogen and oxygen atoms in total. The van der Waals surface area contributed by atoms with Crippen molar-refractivity contribution in [1.29, 1.82) is 0 Å². The number of sulfonamides is 1. The molecular formula is C15H21NO6S. The first-order valence-corrected chi connectivity index (χ1v) is 8.61. The van der Waals surface area contributed by atoms with E-state index in [1.807, 2.05) is 0 Å². The molecule has 23 heavy (non-hydrogen) atoms. The van der Waals surface area contributed by atoms with Crippen LogP contribution in [0.4, 0.5) is 0 Å². The van der Waals surface area contributed by atoms with Gasteiger partial charge >= 0.3 is 11.9 Å². The first-order chi connectivity index (χ1) is 10.6. The van der Waals surface area contributed by atoms with Crippen LogP contribution in [0.5, 0.6) is 0 Å². The van der Waals surface area contributed by atoms with Crippen LogP contribution in [0, 0.1) is 12.8 Å². The van der Waals surface area contributed by atoms with Crippen molar-refractivity contribution in [3.63, 3.8) is 0 Å². The highest BCUT2D eigenvalue weighted by Crippen LogP contribution is 2.19. The molecule has 8 heteroatoms. The van der Waals surface area contributed by atoms with Gasteiger partial charge < -0.3 is 9.84 Å². The molecule has 2 N–H and O–H groups in total. The lowest BCUT2D eigenvalue weighted by atomic mass is 10.1. The Morgan fingerprint density at radius 3 is 2.39 bits per heavy atom. The van der Waals surface area contributed by atoms with E-state index in [1.54, 1.807) is 27.7 Å². The number of hydrogen-bond donors (Lipinski definition) is 2. The summed E-state index contributed by atoms with van der Waals surface area (Å²) in [7, 11) is -4.09. The van der Waals surface area contributed by atoms with Crippen molar-refractivity contribution in [1.82, 2.24) is 4.72 Å². The maximum Gasteiger partial charge on any atom is 0.338 e. The van der Waals surface area contributed by atoms with Crippen LogP contribution in [0.1, 0.15) is 36.7 Å². The van der Waals surface area contributed by atoms with E-state index in [4.69, 9.17) is 9.84 Å². The van der Waals surface area contributed by atoms with Gasteiger partial charge in [-0.2, -0.15) is 4.72 Å². The van der Waals surface area contributed by atoms with Gasteiger partial charge in [-0.1, -0.05) is 19.9 Å². The summed E-state index contributed by atoms with van der Waals surface area (Å²) >= 11 is 0. The molecule has 1 unspecified atom stereocenters. The number of benzene rings is 1. The van der Waals surface area contributed by atoms with Crippen LogP contribution in [0.15, 0.2) is 23.1 Å². The van der Waals surface area contributed by atoms with E-state index in [1.165, 1.54) is 18.2 Å². The quantitative estimate of drug-likeness (QED) is 0.727. The normalized spacial score (nSPS) is 12.9. The van der Waals surface area contributed by atoms with Crippen molar-refractivity contribution in [2.24, 2.45) is 5.92 Å². The number of rotatable bonds is 7. The molecule has 0 aromatic heterocycles. The summed E-state index contributed by atoms with van der Waals surface area (Å²) < 4.78 is 32.0. The fourth-order valence-electron chi connectivity index (χ4n) is 1.93. The number of hydrogen-bond acceptors (Lipinski definition) is 5. The summed E-state index contributed by atoms with van der Waals surface area (Å²) in [5.41, 5.74) is 0.493. The summed E-state index contributed by atoms with van der Waals surface area (Å²) in [6.07, 6.45) is 0. The molecule has 1 aromatic rings. The molecule has 1 aromatic carbocycles. The lowest BCUT2D eigenvalue weighted by Crippen LogP contribution is -2.44. The maximum absolute atomic E-state index is 12.5. The standard InChI is InChI=1S/C15H21NO6S/c1-5-22-15(19)11-7-6-10(4)12(8-11)23(20,21)16-13(9(2)3)14(17)18/h6-9,13,16H,5H2,1-4H3,(H,17,18). The Labute approximate surface area is 135 Å². The van der Waals surface area contributed by atoms with Crippen LogP contribution in [-0.2, 0) is 19.6 Å². The third-order valence-corrected chi connectivity index (χ3v) is 4.79. The number of carboxylic acid groups (broad SMARTS) is 1. The van der Waals surface area contributed by atoms with Crippen LogP contribution in [0.25, 0.3) is 0 Å². The summed E-state index contributed by atoms with van der Waals surface area (Å²) in [6, 6.07) is 2.87.